The zero-order valence-electron chi connectivity index (χ0n) is 9.42. The van der Waals surface area contributed by atoms with Crippen LogP contribution < -0.4 is 10.5 Å². The van der Waals surface area contributed by atoms with E-state index < -0.39 is 15.3 Å². The van der Waals surface area contributed by atoms with Crippen LogP contribution in [0.4, 0.5) is 0 Å². The summed E-state index contributed by atoms with van der Waals surface area (Å²) in [5.41, 5.74) is 7.99. The summed E-state index contributed by atoms with van der Waals surface area (Å²) in [6, 6.07) is 0. The van der Waals surface area contributed by atoms with E-state index in [-0.39, 0.29) is 4.99 Å². The van der Waals surface area contributed by atoms with Crippen LogP contribution in [0.1, 0.15) is 19.0 Å². The first-order valence-corrected chi connectivity index (χ1v) is 8.02. The minimum absolute atomic E-state index is 0.00802. The van der Waals surface area contributed by atoms with E-state index >= 15 is 0 Å². The number of rotatable bonds is 7. The summed E-state index contributed by atoms with van der Waals surface area (Å²) in [6.07, 6.45) is 0.942. The predicted molar refractivity (Wildman–Crippen MR) is 73.6 cm³/mol. The van der Waals surface area contributed by atoms with Crippen molar-refractivity contribution >= 4 is 38.6 Å². The second-order valence-electron chi connectivity index (χ2n) is 3.47. The fourth-order valence-electron chi connectivity index (χ4n) is 1.36. The third-order valence-corrected chi connectivity index (χ3v) is 5.24. The van der Waals surface area contributed by atoms with Crippen LogP contribution in [-0.4, -0.2) is 30.2 Å². The van der Waals surface area contributed by atoms with Crippen LogP contribution in [0.3, 0.4) is 0 Å². The number of nitrogens with zero attached hydrogens (tertiary/aromatic N) is 1. The van der Waals surface area contributed by atoms with Gasteiger partial charge in [-0.25, -0.2) is 18.1 Å². The van der Waals surface area contributed by atoms with E-state index in [1.165, 1.54) is 11.3 Å². The summed E-state index contributed by atoms with van der Waals surface area (Å²) in [6.45, 7) is 2.05. The highest BCUT2D eigenvalue weighted by atomic mass is 32.2. The van der Waals surface area contributed by atoms with E-state index in [1.54, 1.807) is 12.4 Å². The van der Waals surface area contributed by atoms with Gasteiger partial charge >= 0.3 is 0 Å². The first-order valence-electron chi connectivity index (χ1n) is 5.12. The molecule has 96 valence electrons. The van der Waals surface area contributed by atoms with Crippen molar-refractivity contribution in [2.45, 2.75) is 25.0 Å². The first kappa shape index (κ1) is 14.5. The molecule has 0 saturated carbocycles. The number of hydrogen-bond donors (Lipinski definition) is 2. The Labute approximate surface area is 110 Å². The Morgan fingerprint density at radius 3 is 2.88 bits per heavy atom. The maximum atomic E-state index is 11.8. The molecular weight excluding hydrogens is 278 g/mol. The largest absolute Gasteiger partial charge is 0.392 e. The second-order valence-corrected chi connectivity index (χ2v) is 6.61. The lowest BCUT2D eigenvalue weighted by Crippen LogP contribution is -2.42. The molecule has 0 aliphatic carbocycles. The quantitative estimate of drug-likeness (QED) is 0.722. The van der Waals surface area contributed by atoms with Crippen LogP contribution >= 0.6 is 23.6 Å². The zero-order chi connectivity index (χ0) is 12.9. The lowest BCUT2D eigenvalue weighted by atomic mass is 10.3. The number of nitrogens with two attached hydrogens (primary N) is 1. The van der Waals surface area contributed by atoms with Crippen LogP contribution in [0, 0.1) is 0 Å². The first-order chi connectivity index (χ1) is 7.97. The molecule has 0 aliphatic rings. The highest BCUT2D eigenvalue weighted by Gasteiger charge is 2.25. The number of hydrogen-bond acceptors (Lipinski definition) is 5. The van der Waals surface area contributed by atoms with Gasteiger partial charge in [0.2, 0.25) is 10.0 Å². The molecule has 3 N–H and O–H groups in total. The summed E-state index contributed by atoms with van der Waals surface area (Å²) < 4.78 is 26.2. The minimum Gasteiger partial charge on any atom is -0.392 e. The third-order valence-electron chi connectivity index (χ3n) is 2.23. The maximum absolute atomic E-state index is 11.8. The molecule has 1 aromatic rings. The Balaban J connectivity index is 2.52. The normalized spacial score (nSPS) is 13.5. The second kappa shape index (κ2) is 6.39. The molecule has 0 saturated heterocycles. The van der Waals surface area contributed by atoms with E-state index in [2.05, 4.69) is 9.71 Å². The highest BCUT2D eigenvalue weighted by Crippen LogP contribution is 2.06. The molecule has 1 rings (SSSR count). The Bertz CT molecular complexity index is 456. The summed E-state index contributed by atoms with van der Waals surface area (Å²) in [4.78, 5) is 4.08. The minimum atomic E-state index is -3.47. The molecule has 1 atom stereocenters. The monoisotopic (exact) mass is 293 g/mol. The molecule has 0 aliphatic heterocycles. The number of thiazole rings is 1. The molecule has 1 aromatic heterocycles. The van der Waals surface area contributed by atoms with Crippen molar-refractivity contribution < 1.29 is 8.42 Å². The fraction of sp³-hybridized carbons (Fsp3) is 0.556. The van der Waals surface area contributed by atoms with Crippen molar-refractivity contribution in [3.8, 4) is 0 Å². The van der Waals surface area contributed by atoms with Gasteiger partial charge < -0.3 is 5.73 Å². The van der Waals surface area contributed by atoms with E-state index in [0.717, 1.165) is 5.69 Å². The number of aromatic nitrogens is 1. The average molecular weight is 293 g/mol. The maximum Gasteiger partial charge on any atom is 0.221 e. The van der Waals surface area contributed by atoms with Gasteiger partial charge in [0, 0.05) is 18.3 Å². The lowest BCUT2D eigenvalue weighted by Gasteiger charge is -2.14. The van der Waals surface area contributed by atoms with Crippen LogP contribution in [0.5, 0.6) is 0 Å². The van der Waals surface area contributed by atoms with Crippen LogP contribution in [-0.2, 0) is 16.4 Å². The summed E-state index contributed by atoms with van der Waals surface area (Å²) in [5.74, 6) is 0. The van der Waals surface area contributed by atoms with Crippen molar-refractivity contribution in [2.24, 2.45) is 5.73 Å². The van der Waals surface area contributed by atoms with Gasteiger partial charge in [-0.15, -0.1) is 11.3 Å². The highest BCUT2D eigenvalue weighted by molar-refractivity contribution is 7.93. The number of thiocarbonyl (C=S) groups is 1. The van der Waals surface area contributed by atoms with Gasteiger partial charge in [-0.1, -0.05) is 19.1 Å². The Kier molecular flexibility index (Phi) is 5.44. The van der Waals surface area contributed by atoms with Gasteiger partial charge in [-0.2, -0.15) is 0 Å². The van der Waals surface area contributed by atoms with Crippen molar-refractivity contribution in [1.82, 2.24) is 9.71 Å². The van der Waals surface area contributed by atoms with Gasteiger partial charge in [0.1, 0.15) is 5.25 Å². The van der Waals surface area contributed by atoms with Crippen LogP contribution in [0.15, 0.2) is 10.9 Å². The summed E-state index contributed by atoms with van der Waals surface area (Å²) in [5, 5.41) is 1.09. The van der Waals surface area contributed by atoms with Crippen molar-refractivity contribution in [3.63, 3.8) is 0 Å². The molecule has 0 bridgehead atoms. The van der Waals surface area contributed by atoms with E-state index in [9.17, 15) is 8.42 Å². The topological polar surface area (TPSA) is 85.1 Å². The summed E-state index contributed by atoms with van der Waals surface area (Å²) in [7, 11) is -3.47. The van der Waals surface area contributed by atoms with E-state index in [0.29, 0.717) is 19.4 Å². The standard InChI is InChI=1S/C9H15N3O2S3/c1-2-8(9(10)15)17(13,14)12-4-3-7-5-16-6-11-7/h5-6,8,12H,2-4H2,1H3,(H2,10,15). The number of sulfonamides is 1. The van der Waals surface area contributed by atoms with E-state index in [4.69, 9.17) is 18.0 Å². The zero-order valence-corrected chi connectivity index (χ0v) is 11.9. The molecular formula is C9H15N3O2S3. The molecule has 0 aromatic carbocycles. The third kappa shape index (κ3) is 4.30. The molecule has 8 heteroatoms. The molecule has 5 nitrogen and oxygen atoms in total. The molecule has 17 heavy (non-hydrogen) atoms. The molecule has 0 spiro atoms. The molecule has 1 heterocycles. The van der Waals surface area contributed by atoms with Crippen LogP contribution in [0.2, 0.25) is 0 Å². The van der Waals surface area contributed by atoms with Crippen molar-refractivity contribution in [3.05, 3.63) is 16.6 Å². The average Bonchev–Trinajstić information content (AvgIpc) is 2.69. The lowest BCUT2D eigenvalue weighted by molar-refractivity contribution is 0.574. The SMILES string of the molecule is CCC(C(N)=S)S(=O)(=O)NCCc1cscn1. The molecule has 0 amide bonds. The Morgan fingerprint density at radius 1 is 1.71 bits per heavy atom. The van der Waals surface area contributed by atoms with Gasteiger partial charge in [0.15, 0.2) is 0 Å². The molecule has 0 radical (unpaired) electrons. The van der Waals surface area contributed by atoms with Gasteiger partial charge in [-0.3, -0.25) is 0 Å². The van der Waals surface area contributed by atoms with Crippen molar-refractivity contribution in [2.75, 3.05) is 6.54 Å². The van der Waals surface area contributed by atoms with Crippen LogP contribution in [0.25, 0.3) is 0 Å². The fourth-order valence-corrected chi connectivity index (χ4v) is 3.83. The molecule has 0 fully saturated rings. The van der Waals surface area contributed by atoms with E-state index in [1.807, 2.05) is 5.38 Å². The summed E-state index contributed by atoms with van der Waals surface area (Å²) >= 11 is 6.23. The number of nitrogens with one attached hydrogen (secondary N) is 1. The smallest absolute Gasteiger partial charge is 0.221 e. The van der Waals surface area contributed by atoms with Crippen molar-refractivity contribution in [1.29, 1.82) is 0 Å². The Hall–Kier alpha value is -0.570. The Morgan fingerprint density at radius 2 is 2.41 bits per heavy atom. The predicted octanol–water partition coefficient (Wildman–Crippen LogP) is 0.670. The van der Waals surface area contributed by atoms with Gasteiger partial charge in [-0.05, 0) is 6.42 Å². The van der Waals surface area contributed by atoms with Gasteiger partial charge in [0.25, 0.3) is 0 Å². The molecule has 1 unspecified atom stereocenters. The van der Waals surface area contributed by atoms with Gasteiger partial charge in [0.05, 0.1) is 16.2 Å².